The average Bonchev–Trinajstić information content (AvgIpc) is 2.79. The Morgan fingerprint density at radius 1 is 1.03 bits per heavy atom. The number of aromatic nitrogens is 2. The number of rotatable bonds is 6. The molecule has 4 rings (SSSR count). The van der Waals surface area contributed by atoms with Crippen LogP contribution in [0.15, 0.2) is 79.1 Å². The minimum Gasteiger partial charge on any atom is -0.339 e. The quantitative estimate of drug-likeness (QED) is 0.611. The maximum atomic E-state index is 12.6. The number of benzene rings is 1. The van der Waals surface area contributed by atoms with Gasteiger partial charge in [-0.1, -0.05) is 36.4 Å². The zero-order valence-electron chi connectivity index (χ0n) is 16.9. The summed E-state index contributed by atoms with van der Waals surface area (Å²) in [6, 6.07) is 19.8. The minimum atomic E-state index is 0.0933. The number of nitrogens with zero attached hydrogens (tertiary/aromatic N) is 3. The van der Waals surface area contributed by atoms with Gasteiger partial charge < -0.3 is 10.2 Å². The molecule has 0 saturated carbocycles. The van der Waals surface area contributed by atoms with Gasteiger partial charge in [0.1, 0.15) is 11.6 Å². The van der Waals surface area contributed by atoms with Crippen LogP contribution in [0.5, 0.6) is 0 Å². The van der Waals surface area contributed by atoms with Crippen LogP contribution in [0.25, 0.3) is 6.08 Å². The summed E-state index contributed by atoms with van der Waals surface area (Å²) < 4.78 is 0. The van der Waals surface area contributed by atoms with Crippen molar-refractivity contribution in [1.82, 2.24) is 14.9 Å². The molecule has 0 unspecified atom stereocenters. The van der Waals surface area contributed by atoms with Crippen molar-refractivity contribution in [2.45, 2.75) is 19.3 Å². The molecule has 0 aliphatic carbocycles. The number of hydrogen-bond donors (Lipinski definition) is 1. The fourth-order valence-electron chi connectivity index (χ4n) is 3.84. The number of anilines is 2. The molecular weight excluding hydrogens is 372 g/mol. The van der Waals surface area contributed by atoms with Crippen LogP contribution in [0.3, 0.4) is 0 Å². The van der Waals surface area contributed by atoms with Gasteiger partial charge in [0.05, 0.1) is 0 Å². The number of amides is 1. The molecule has 1 N–H and O–H groups in total. The molecule has 1 aliphatic rings. The Bertz CT molecular complexity index is 988. The van der Waals surface area contributed by atoms with Gasteiger partial charge >= 0.3 is 0 Å². The van der Waals surface area contributed by atoms with Gasteiger partial charge in [-0.15, -0.1) is 0 Å². The number of hydrogen-bond acceptors (Lipinski definition) is 4. The van der Waals surface area contributed by atoms with Crippen molar-refractivity contribution < 1.29 is 4.79 Å². The molecule has 1 saturated heterocycles. The van der Waals surface area contributed by atoms with E-state index in [1.807, 2.05) is 65.7 Å². The molecule has 1 aromatic carbocycles. The van der Waals surface area contributed by atoms with Crippen molar-refractivity contribution in [2.24, 2.45) is 5.92 Å². The SMILES string of the molecule is O=C(/C=C/c1ccccc1)N1CCC[C@H](Cc2ccnc(Nc3ccccn3)c2)C1. The lowest BCUT2D eigenvalue weighted by atomic mass is 9.91. The van der Waals surface area contributed by atoms with Crippen molar-refractivity contribution in [3.05, 3.63) is 90.3 Å². The molecule has 2 aromatic heterocycles. The lowest BCUT2D eigenvalue weighted by Gasteiger charge is -2.32. The Balaban J connectivity index is 1.35. The van der Waals surface area contributed by atoms with E-state index in [0.29, 0.717) is 5.92 Å². The maximum Gasteiger partial charge on any atom is 0.246 e. The largest absolute Gasteiger partial charge is 0.339 e. The minimum absolute atomic E-state index is 0.0933. The second-order valence-corrected chi connectivity index (χ2v) is 7.63. The smallest absolute Gasteiger partial charge is 0.246 e. The summed E-state index contributed by atoms with van der Waals surface area (Å²) >= 11 is 0. The van der Waals surface area contributed by atoms with Gasteiger partial charge in [-0.3, -0.25) is 4.79 Å². The molecule has 1 aliphatic heterocycles. The third-order valence-corrected chi connectivity index (χ3v) is 5.32. The molecule has 0 bridgehead atoms. The molecule has 0 spiro atoms. The van der Waals surface area contributed by atoms with Gasteiger partial charge in [-0.25, -0.2) is 9.97 Å². The van der Waals surface area contributed by atoms with Crippen LogP contribution >= 0.6 is 0 Å². The van der Waals surface area contributed by atoms with Gasteiger partial charge in [0.2, 0.25) is 5.91 Å². The monoisotopic (exact) mass is 398 g/mol. The van der Waals surface area contributed by atoms with Gasteiger partial charge in [0, 0.05) is 31.6 Å². The van der Waals surface area contributed by atoms with Gasteiger partial charge in [0.15, 0.2) is 0 Å². The van der Waals surface area contributed by atoms with Crippen molar-refractivity contribution in [3.63, 3.8) is 0 Å². The van der Waals surface area contributed by atoms with E-state index in [0.717, 1.165) is 49.6 Å². The van der Waals surface area contributed by atoms with Crippen LogP contribution in [-0.4, -0.2) is 33.9 Å². The molecule has 3 heterocycles. The van der Waals surface area contributed by atoms with E-state index >= 15 is 0 Å². The number of likely N-dealkylation sites (tertiary alicyclic amines) is 1. The lowest BCUT2D eigenvalue weighted by Crippen LogP contribution is -2.39. The Kier molecular flexibility index (Phi) is 6.50. The van der Waals surface area contributed by atoms with E-state index in [4.69, 9.17) is 0 Å². The van der Waals surface area contributed by atoms with Crippen LogP contribution in [0.4, 0.5) is 11.6 Å². The highest BCUT2D eigenvalue weighted by atomic mass is 16.2. The van der Waals surface area contributed by atoms with Crippen molar-refractivity contribution in [3.8, 4) is 0 Å². The lowest BCUT2D eigenvalue weighted by molar-refractivity contribution is -0.127. The van der Waals surface area contributed by atoms with Gasteiger partial charge in [-0.2, -0.15) is 0 Å². The van der Waals surface area contributed by atoms with E-state index in [1.165, 1.54) is 5.56 Å². The summed E-state index contributed by atoms with van der Waals surface area (Å²) in [5.74, 6) is 2.12. The molecule has 5 heteroatoms. The normalized spacial score (nSPS) is 16.5. The second kappa shape index (κ2) is 9.83. The first-order valence-corrected chi connectivity index (χ1v) is 10.4. The molecule has 5 nitrogen and oxygen atoms in total. The first-order valence-electron chi connectivity index (χ1n) is 10.4. The molecule has 1 atom stereocenters. The van der Waals surface area contributed by atoms with E-state index in [-0.39, 0.29) is 5.91 Å². The van der Waals surface area contributed by atoms with Gasteiger partial charge in [0.25, 0.3) is 0 Å². The zero-order valence-corrected chi connectivity index (χ0v) is 16.9. The maximum absolute atomic E-state index is 12.6. The van der Waals surface area contributed by atoms with E-state index in [1.54, 1.807) is 12.3 Å². The van der Waals surface area contributed by atoms with E-state index < -0.39 is 0 Å². The fourth-order valence-corrected chi connectivity index (χ4v) is 3.84. The van der Waals surface area contributed by atoms with E-state index in [9.17, 15) is 4.79 Å². The van der Waals surface area contributed by atoms with Crippen molar-refractivity contribution >= 4 is 23.6 Å². The highest BCUT2D eigenvalue weighted by molar-refractivity contribution is 5.91. The zero-order chi connectivity index (χ0) is 20.6. The molecule has 0 radical (unpaired) electrons. The summed E-state index contributed by atoms with van der Waals surface area (Å²) in [4.78, 5) is 23.3. The molecule has 152 valence electrons. The van der Waals surface area contributed by atoms with Crippen LogP contribution in [0.2, 0.25) is 0 Å². The Morgan fingerprint density at radius 3 is 2.70 bits per heavy atom. The number of nitrogens with one attached hydrogen (secondary N) is 1. The van der Waals surface area contributed by atoms with Gasteiger partial charge in [-0.05, 0) is 66.6 Å². The molecule has 1 fully saturated rings. The summed E-state index contributed by atoms with van der Waals surface area (Å²) in [7, 11) is 0. The standard InChI is InChI=1S/C25H26N4O/c30-25(12-11-20-7-2-1-3-8-20)29-16-6-9-22(19-29)17-21-13-15-27-24(18-21)28-23-10-4-5-14-26-23/h1-5,7-8,10-15,18,22H,6,9,16-17,19H2,(H,26,27,28)/b12-11+/t22-/m1/s1. The van der Waals surface area contributed by atoms with Crippen LogP contribution in [-0.2, 0) is 11.2 Å². The Labute approximate surface area is 177 Å². The van der Waals surface area contributed by atoms with E-state index in [2.05, 4.69) is 27.4 Å². The summed E-state index contributed by atoms with van der Waals surface area (Å²) in [6.07, 6.45) is 10.3. The average molecular weight is 399 g/mol. The molecule has 3 aromatic rings. The van der Waals surface area contributed by atoms with Crippen LogP contribution in [0.1, 0.15) is 24.0 Å². The Hall–Kier alpha value is -3.47. The number of pyridine rings is 2. The second-order valence-electron chi connectivity index (χ2n) is 7.63. The van der Waals surface area contributed by atoms with Crippen LogP contribution in [0, 0.1) is 5.92 Å². The van der Waals surface area contributed by atoms with Crippen LogP contribution < -0.4 is 5.32 Å². The van der Waals surface area contributed by atoms with Crippen molar-refractivity contribution in [1.29, 1.82) is 0 Å². The highest BCUT2D eigenvalue weighted by Gasteiger charge is 2.22. The van der Waals surface area contributed by atoms with Crippen molar-refractivity contribution in [2.75, 3.05) is 18.4 Å². The Morgan fingerprint density at radius 2 is 1.87 bits per heavy atom. The predicted molar refractivity (Wildman–Crippen MR) is 120 cm³/mol. The first kappa shape index (κ1) is 19.8. The summed E-state index contributed by atoms with van der Waals surface area (Å²) in [5, 5.41) is 3.24. The molecule has 30 heavy (non-hydrogen) atoms. The number of carbonyl (C=O) groups excluding carboxylic acids is 1. The highest BCUT2D eigenvalue weighted by Crippen LogP contribution is 2.23. The molecule has 1 amide bonds. The third kappa shape index (κ3) is 5.54. The number of piperidine rings is 1. The number of carbonyl (C=O) groups is 1. The first-order chi connectivity index (χ1) is 14.8. The molecular formula is C25H26N4O. The summed E-state index contributed by atoms with van der Waals surface area (Å²) in [5.41, 5.74) is 2.27. The topological polar surface area (TPSA) is 58.1 Å². The summed E-state index contributed by atoms with van der Waals surface area (Å²) in [6.45, 7) is 1.63. The fraction of sp³-hybridized carbons (Fsp3) is 0.240. The predicted octanol–water partition coefficient (Wildman–Crippen LogP) is 4.71. The third-order valence-electron chi connectivity index (χ3n) is 5.32.